The maximum atomic E-state index is 12.3. The quantitative estimate of drug-likeness (QED) is 0.428. The third-order valence-electron chi connectivity index (χ3n) is 4.97. The summed E-state index contributed by atoms with van der Waals surface area (Å²) in [5.41, 5.74) is 2.47. The van der Waals surface area contributed by atoms with Gasteiger partial charge in [-0.3, -0.25) is 4.79 Å². The minimum atomic E-state index is -3.47. The Morgan fingerprint density at radius 2 is 1.94 bits per heavy atom. The molecule has 2 N–H and O–H groups in total. The van der Waals surface area contributed by atoms with Gasteiger partial charge in [-0.2, -0.15) is 0 Å². The van der Waals surface area contributed by atoms with E-state index in [1.54, 1.807) is 41.7 Å². The second-order valence-electron chi connectivity index (χ2n) is 7.78. The number of hydrogen-bond acceptors (Lipinski definition) is 6. The van der Waals surface area contributed by atoms with Crippen LogP contribution in [0.4, 0.5) is 0 Å². The molecule has 0 spiro atoms. The van der Waals surface area contributed by atoms with Gasteiger partial charge in [0, 0.05) is 29.6 Å². The van der Waals surface area contributed by atoms with Gasteiger partial charge < -0.3 is 10.1 Å². The molecule has 0 bridgehead atoms. The predicted octanol–water partition coefficient (Wildman–Crippen LogP) is 3.80. The van der Waals surface area contributed by atoms with Gasteiger partial charge in [0.1, 0.15) is 12.4 Å². The number of para-hydroxylation sites is 1. The monoisotopic (exact) mass is 483 g/mol. The molecule has 0 saturated heterocycles. The number of sulfonamides is 1. The Morgan fingerprint density at radius 1 is 1.18 bits per heavy atom. The van der Waals surface area contributed by atoms with Gasteiger partial charge in [-0.25, -0.2) is 18.1 Å². The topological polar surface area (TPSA) is 97.4 Å². The number of amides is 1. The van der Waals surface area contributed by atoms with Crippen molar-refractivity contribution in [2.45, 2.75) is 43.9 Å². The van der Waals surface area contributed by atoms with Crippen LogP contribution in [0.1, 0.15) is 34.7 Å². The lowest BCUT2D eigenvalue weighted by atomic mass is 10.2. The van der Waals surface area contributed by atoms with Crippen molar-refractivity contribution in [1.29, 1.82) is 0 Å². The summed E-state index contributed by atoms with van der Waals surface area (Å²) in [5.74, 6) is 0.413. The van der Waals surface area contributed by atoms with Crippen LogP contribution in [-0.2, 0) is 28.0 Å². The first kappa shape index (κ1) is 23.2. The zero-order valence-corrected chi connectivity index (χ0v) is 19.8. The fourth-order valence-electron chi connectivity index (χ4n) is 3.06. The first-order chi connectivity index (χ1) is 15.9. The van der Waals surface area contributed by atoms with Gasteiger partial charge in [-0.05, 0) is 49.6 Å². The van der Waals surface area contributed by atoms with Crippen molar-refractivity contribution in [3.05, 3.63) is 81.8 Å². The van der Waals surface area contributed by atoms with E-state index in [4.69, 9.17) is 4.74 Å². The Kier molecular flexibility index (Phi) is 7.22. The Bertz CT molecular complexity index is 1250. The SMILES string of the molecule is Cc1nc(COc2ccccc2/C=C/C(=O)NCc2ccc(S(=O)(=O)NC3CC3)cc2)cs1. The number of thiazole rings is 1. The van der Waals surface area contributed by atoms with Gasteiger partial charge in [-0.15, -0.1) is 11.3 Å². The van der Waals surface area contributed by atoms with Crippen molar-refractivity contribution in [3.8, 4) is 5.75 Å². The summed E-state index contributed by atoms with van der Waals surface area (Å²) in [4.78, 5) is 16.9. The van der Waals surface area contributed by atoms with E-state index in [-0.39, 0.29) is 16.8 Å². The Balaban J connectivity index is 1.30. The highest BCUT2D eigenvalue weighted by Gasteiger charge is 2.27. The summed E-state index contributed by atoms with van der Waals surface area (Å²) in [5, 5.41) is 5.76. The van der Waals surface area contributed by atoms with E-state index in [2.05, 4.69) is 15.0 Å². The van der Waals surface area contributed by atoms with Gasteiger partial charge in [0.05, 0.1) is 15.6 Å². The normalized spacial score (nSPS) is 13.8. The lowest BCUT2D eigenvalue weighted by Gasteiger charge is -2.08. The summed E-state index contributed by atoms with van der Waals surface area (Å²) >= 11 is 1.58. The van der Waals surface area contributed by atoms with E-state index in [9.17, 15) is 13.2 Å². The fraction of sp³-hybridized carbons (Fsp3) is 0.250. The highest BCUT2D eigenvalue weighted by molar-refractivity contribution is 7.89. The molecule has 4 rings (SSSR count). The summed E-state index contributed by atoms with van der Waals surface area (Å²) in [7, 11) is -3.47. The molecular formula is C24H25N3O4S2. The van der Waals surface area contributed by atoms with Crippen molar-refractivity contribution in [1.82, 2.24) is 15.0 Å². The van der Waals surface area contributed by atoms with E-state index >= 15 is 0 Å². The van der Waals surface area contributed by atoms with E-state index < -0.39 is 10.0 Å². The lowest BCUT2D eigenvalue weighted by molar-refractivity contribution is -0.116. The first-order valence-electron chi connectivity index (χ1n) is 10.6. The van der Waals surface area contributed by atoms with Crippen LogP contribution in [0, 0.1) is 6.92 Å². The largest absolute Gasteiger partial charge is 0.487 e. The third-order valence-corrected chi connectivity index (χ3v) is 7.33. The smallest absolute Gasteiger partial charge is 0.244 e. The molecule has 3 aromatic rings. The van der Waals surface area contributed by atoms with Crippen molar-refractivity contribution in [2.24, 2.45) is 0 Å². The number of benzene rings is 2. The Labute approximate surface area is 197 Å². The molecular weight excluding hydrogens is 458 g/mol. The average molecular weight is 484 g/mol. The van der Waals surface area contributed by atoms with Gasteiger partial charge >= 0.3 is 0 Å². The van der Waals surface area contributed by atoms with Gasteiger partial charge in [-0.1, -0.05) is 30.3 Å². The maximum Gasteiger partial charge on any atom is 0.244 e. The van der Waals surface area contributed by atoms with Crippen LogP contribution in [-0.4, -0.2) is 25.4 Å². The molecule has 0 radical (unpaired) electrons. The predicted molar refractivity (Wildman–Crippen MR) is 128 cm³/mol. The first-order valence-corrected chi connectivity index (χ1v) is 13.0. The van der Waals surface area contributed by atoms with Crippen LogP contribution in [0.5, 0.6) is 5.75 Å². The number of hydrogen-bond donors (Lipinski definition) is 2. The third kappa shape index (κ3) is 6.74. The van der Waals surface area contributed by atoms with Crippen LogP contribution in [0.25, 0.3) is 6.08 Å². The maximum absolute atomic E-state index is 12.3. The van der Waals surface area contributed by atoms with Gasteiger partial charge in [0.25, 0.3) is 0 Å². The molecule has 1 heterocycles. The number of ether oxygens (including phenoxy) is 1. The lowest BCUT2D eigenvalue weighted by Crippen LogP contribution is -2.25. The second kappa shape index (κ2) is 10.3. The molecule has 172 valence electrons. The molecule has 1 saturated carbocycles. The molecule has 0 unspecified atom stereocenters. The van der Waals surface area contributed by atoms with Crippen molar-refractivity contribution >= 4 is 33.3 Å². The second-order valence-corrected chi connectivity index (χ2v) is 10.6. The van der Waals surface area contributed by atoms with Crippen LogP contribution >= 0.6 is 11.3 Å². The minimum absolute atomic E-state index is 0.0628. The van der Waals surface area contributed by atoms with E-state index in [0.717, 1.165) is 34.7 Å². The van der Waals surface area contributed by atoms with Crippen molar-refractivity contribution in [2.75, 3.05) is 0 Å². The molecule has 1 aliphatic carbocycles. The summed E-state index contributed by atoms with van der Waals surface area (Å²) in [6, 6.07) is 14.1. The van der Waals surface area contributed by atoms with Gasteiger partial charge in [0.2, 0.25) is 15.9 Å². The summed E-state index contributed by atoms with van der Waals surface area (Å²) < 4.78 is 33.0. The van der Waals surface area contributed by atoms with Crippen LogP contribution in [0.2, 0.25) is 0 Å². The van der Waals surface area contributed by atoms with Crippen LogP contribution in [0.15, 0.2) is 64.9 Å². The average Bonchev–Trinajstić information content (AvgIpc) is 3.52. The van der Waals surface area contributed by atoms with Gasteiger partial charge in [0.15, 0.2) is 0 Å². The zero-order chi connectivity index (χ0) is 23.3. The number of nitrogens with zero attached hydrogens (tertiary/aromatic N) is 1. The number of carbonyl (C=O) groups is 1. The molecule has 7 nitrogen and oxygen atoms in total. The molecule has 33 heavy (non-hydrogen) atoms. The molecule has 9 heteroatoms. The van der Waals surface area contributed by atoms with E-state index in [1.165, 1.54) is 6.08 Å². The Morgan fingerprint density at radius 3 is 2.64 bits per heavy atom. The minimum Gasteiger partial charge on any atom is -0.487 e. The standard InChI is InChI=1S/C24H25N3O4S2/c1-17-26-21(16-32-17)15-31-23-5-3-2-4-19(23)8-13-24(28)25-14-18-6-11-22(12-7-18)33(29,30)27-20-9-10-20/h2-8,11-13,16,20,27H,9-10,14-15H2,1H3,(H,25,28)/b13-8+. The van der Waals surface area contributed by atoms with Crippen molar-refractivity contribution < 1.29 is 17.9 Å². The molecule has 0 aliphatic heterocycles. The number of rotatable bonds is 10. The molecule has 1 fully saturated rings. The highest BCUT2D eigenvalue weighted by atomic mass is 32.2. The van der Waals surface area contributed by atoms with Crippen LogP contribution < -0.4 is 14.8 Å². The van der Waals surface area contributed by atoms with Crippen LogP contribution in [0.3, 0.4) is 0 Å². The Hall–Kier alpha value is -3.01. The molecule has 2 aromatic carbocycles. The van der Waals surface area contributed by atoms with E-state index in [0.29, 0.717) is 18.9 Å². The fourth-order valence-corrected chi connectivity index (χ4v) is 4.97. The molecule has 0 atom stereocenters. The molecule has 1 amide bonds. The van der Waals surface area contributed by atoms with E-state index in [1.807, 2.05) is 36.6 Å². The highest BCUT2D eigenvalue weighted by Crippen LogP contribution is 2.23. The number of carbonyl (C=O) groups excluding carboxylic acids is 1. The van der Waals surface area contributed by atoms with Crippen molar-refractivity contribution in [3.63, 3.8) is 0 Å². The molecule has 1 aromatic heterocycles. The summed E-state index contributed by atoms with van der Waals surface area (Å²) in [6.45, 7) is 2.61. The number of aromatic nitrogens is 1. The number of aryl methyl sites for hydroxylation is 1. The summed E-state index contributed by atoms with van der Waals surface area (Å²) in [6.07, 6.45) is 4.93. The number of nitrogens with one attached hydrogen (secondary N) is 2. The zero-order valence-electron chi connectivity index (χ0n) is 18.2. The molecule has 1 aliphatic rings.